The molecule has 0 atom stereocenters. The summed E-state index contributed by atoms with van der Waals surface area (Å²) in [6, 6.07) is 0. The van der Waals surface area contributed by atoms with Gasteiger partial charge in [-0.3, -0.25) is 0 Å². The van der Waals surface area contributed by atoms with Crippen molar-refractivity contribution < 1.29 is 0 Å². The van der Waals surface area contributed by atoms with Crippen molar-refractivity contribution in [3.63, 3.8) is 0 Å². The molecule has 0 unspecified atom stereocenters. The molecule has 15 heavy (non-hydrogen) atoms. The lowest BCUT2D eigenvalue weighted by atomic mass is 10.4. The van der Waals surface area contributed by atoms with Crippen LogP contribution in [0.4, 0.5) is 11.6 Å². The molecule has 84 valence electrons. The number of thioether (sulfide) groups is 1. The molecule has 0 amide bonds. The van der Waals surface area contributed by atoms with Gasteiger partial charge in [-0.15, -0.1) is 0 Å². The zero-order valence-electron chi connectivity index (χ0n) is 9.12. The second kappa shape index (κ2) is 6.17. The first kappa shape index (κ1) is 12.6. The van der Waals surface area contributed by atoms with Crippen LogP contribution in [0.3, 0.4) is 0 Å². The molecular formula is C9H15BrN4S. The molecule has 0 spiro atoms. The Kier molecular flexibility index (Phi) is 5.17. The zero-order valence-corrected chi connectivity index (χ0v) is 11.5. The molecule has 0 aliphatic carbocycles. The summed E-state index contributed by atoms with van der Waals surface area (Å²) < 4.78 is 0.913. The van der Waals surface area contributed by atoms with E-state index >= 15 is 0 Å². The first-order valence-corrected chi connectivity index (χ1v) is 6.77. The van der Waals surface area contributed by atoms with Crippen molar-refractivity contribution in [3.8, 4) is 0 Å². The highest BCUT2D eigenvalue weighted by Gasteiger charge is 2.10. The largest absolute Gasteiger partial charge is 0.372 e. The van der Waals surface area contributed by atoms with Crippen LogP contribution in [-0.2, 0) is 0 Å². The van der Waals surface area contributed by atoms with E-state index < -0.39 is 0 Å². The smallest absolute Gasteiger partial charge is 0.148 e. The molecule has 1 heterocycles. The highest BCUT2D eigenvalue weighted by atomic mass is 79.9. The lowest BCUT2D eigenvalue weighted by Gasteiger charge is -2.19. The molecule has 0 aromatic carbocycles. The van der Waals surface area contributed by atoms with Crippen LogP contribution in [-0.4, -0.2) is 42.6 Å². The molecular weight excluding hydrogens is 276 g/mol. The summed E-state index contributed by atoms with van der Waals surface area (Å²) in [6.45, 7) is 0.972. The number of halogens is 1. The second-order valence-corrected chi connectivity index (χ2v) is 4.80. The number of nitrogens with zero attached hydrogens (tertiary/aromatic N) is 3. The van der Waals surface area contributed by atoms with E-state index in [2.05, 4.69) is 42.4 Å². The quantitative estimate of drug-likeness (QED) is 0.899. The molecule has 0 fully saturated rings. The van der Waals surface area contributed by atoms with Gasteiger partial charge in [0.1, 0.15) is 22.4 Å². The molecule has 1 aromatic rings. The van der Waals surface area contributed by atoms with Gasteiger partial charge >= 0.3 is 0 Å². The second-order valence-electron chi connectivity index (χ2n) is 3.02. The molecule has 0 aliphatic rings. The van der Waals surface area contributed by atoms with Gasteiger partial charge in [-0.05, 0) is 22.2 Å². The maximum absolute atomic E-state index is 4.26. The topological polar surface area (TPSA) is 41.1 Å². The van der Waals surface area contributed by atoms with Gasteiger partial charge in [0.2, 0.25) is 0 Å². The Morgan fingerprint density at radius 2 is 2.27 bits per heavy atom. The van der Waals surface area contributed by atoms with Gasteiger partial charge in [0, 0.05) is 26.4 Å². The number of anilines is 2. The van der Waals surface area contributed by atoms with Crippen LogP contribution in [0.15, 0.2) is 10.8 Å². The normalized spacial score (nSPS) is 10.1. The van der Waals surface area contributed by atoms with Gasteiger partial charge < -0.3 is 10.2 Å². The highest BCUT2D eigenvalue weighted by molar-refractivity contribution is 9.10. The van der Waals surface area contributed by atoms with E-state index in [-0.39, 0.29) is 0 Å². The van der Waals surface area contributed by atoms with Crippen LogP contribution in [0.1, 0.15) is 0 Å². The predicted molar refractivity (Wildman–Crippen MR) is 70.9 cm³/mol. The average Bonchev–Trinajstić information content (AvgIpc) is 2.26. The van der Waals surface area contributed by atoms with Crippen LogP contribution < -0.4 is 10.2 Å². The van der Waals surface area contributed by atoms with Gasteiger partial charge in [0.05, 0.1) is 0 Å². The number of rotatable bonds is 5. The first-order chi connectivity index (χ1) is 7.20. The van der Waals surface area contributed by atoms with Crippen molar-refractivity contribution in [2.24, 2.45) is 0 Å². The lowest BCUT2D eigenvalue weighted by molar-refractivity contribution is 0.931. The number of hydrogen-bond acceptors (Lipinski definition) is 5. The van der Waals surface area contributed by atoms with Crippen molar-refractivity contribution in [3.05, 3.63) is 10.8 Å². The molecule has 0 saturated carbocycles. The van der Waals surface area contributed by atoms with E-state index in [4.69, 9.17) is 0 Å². The number of nitrogens with one attached hydrogen (secondary N) is 1. The molecule has 1 aromatic heterocycles. The van der Waals surface area contributed by atoms with E-state index in [1.165, 1.54) is 0 Å². The third-order valence-electron chi connectivity index (χ3n) is 2.00. The summed E-state index contributed by atoms with van der Waals surface area (Å²) in [5.41, 5.74) is 0. The van der Waals surface area contributed by atoms with Crippen LogP contribution in [0.5, 0.6) is 0 Å². The zero-order chi connectivity index (χ0) is 11.3. The van der Waals surface area contributed by atoms with Crippen molar-refractivity contribution >= 4 is 39.3 Å². The van der Waals surface area contributed by atoms with E-state index in [0.717, 1.165) is 28.4 Å². The van der Waals surface area contributed by atoms with Gasteiger partial charge in [-0.25, -0.2) is 9.97 Å². The fraction of sp³-hybridized carbons (Fsp3) is 0.556. The van der Waals surface area contributed by atoms with Gasteiger partial charge in [0.25, 0.3) is 0 Å². The lowest BCUT2D eigenvalue weighted by Crippen LogP contribution is -2.22. The van der Waals surface area contributed by atoms with E-state index in [1.807, 2.05) is 25.9 Å². The Labute approximate surface area is 103 Å². The third kappa shape index (κ3) is 3.24. The number of hydrogen-bond donors (Lipinski definition) is 1. The predicted octanol–water partition coefficient (Wildman–Crippen LogP) is 2.08. The monoisotopic (exact) mass is 290 g/mol. The maximum atomic E-state index is 4.26. The molecule has 1 N–H and O–H groups in total. The summed E-state index contributed by atoms with van der Waals surface area (Å²) >= 11 is 5.32. The van der Waals surface area contributed by atoms with Gasteiger partial charge in [0.15, 0.2) is 0 Å². The Morgan fingerprint density at radius 1 is 1.53 bits per heavy atom. The van der Waals surface area contributed by atoms with Gasteiger partial charge in [-0.1, -0.05) is 0 Å². The summed E-state index contributed by atoms with van der Waals surface area (Å²) in [7, 11) is 3.88. The Bertz CT molecular complexity index is 321. The standard InChI is InChI=1S/C9H15BrN4S/c1-11-8-7(10)9(13-6-12-8)14(2)4-5-15-3/h6H,4-5H2,1-3H3,(H,11,12,13). The van der Waals surface area contributed by atoms with E-state index in [9.17, 15) is 0 Å². The van der Waals surface area contributed by atoms with Crippen molar-refractivity contribution in [1.29, 1.82) is 0 Å². The summed E-state index contributed by atoms with van der Waals surface area (Å²) in [5, 5.41) is 3.02. The molecule has 0 radical (unpaired) electrons. The third-order valence-corrected chi connectivity index (χ3v) is 3.32. The maximum Gasteiger partial charge on any atom is 0.148 e. The summed E-state index contributed by atoms with van der Waals surface area (Å²) in [5.74, 6) is 2.82. The van der Waals surface area contributed by atoms with Crippen molar-refractivity contribution in [2.75, 3.05) is 42.9 Å². The summed E-state index contributed by atoms with van der Waals surface area (Å²) in [4.78, 5) is 10.5. The van der Waals surface area contributed by atoms with Gasteiger partial charge in [-0.2, -0.15) is 11.8 Å². The fourth-order valence-electron chi connectivity index (χ4n) is 1.14. The molecule has 4 nitrogen and oxygen atoms in total. The average molecular weight is 291 g/mol. The molecule has 1 rings (SSSR count). The summed E-state index contributed by atoms with van der Waals surface area (Å²) in [6.07, 6.45) is 3.67. The van der Waals surface area contributed by atoms with E-state index in [0.29, 0.717) is 0 Å². The van der Waals surface area contributed by atoms with Crippen LogP contribution in [0, 0.1) is 0 Å². The minimum absolute atomic E-state index is 0.816. The number of aromatic nitrogens is 2. The van der Waals surface area contributed by atoms with Crippen LogP contribution in [0.25, 0.3) is 0 Å². The Morgan fingerprint density at radius 3 is 2.87 bits per heavy atom. The molecule has 6 heteroatoms. The van der Waals surface area contributed by atoms with E-state index in [1.54, 1.807) is 6.33 Å². The van der Waals surface area contributed by atoms with Crippen molar-refractivity contribution in [1.82, 2.24) is 9.97 Å². The highest BCUT2D eigenvalue weighted by Crippen LogP contribution is 2.28. The fourth-order valence-corrected chi connectivity index (χ4v) is 2.30. The first-order valence-electron chi connectivity index (χ1n) is 4.59. The minimum atomic E-state index is 0.816. The Hall–Kier alpha value is -0.490. The van der Waals surface area contributed by atoms with Crippen LogP contribution >= 0.6 is 27.7 Å². The van der Waals surface area contributed by atoms with Crippen LogP contribution in [0.2, 0.25) is 0 Å². The molecule has 0 bridgehead atoms. The van der Waals surface area contributed by atoms with Crippen molar-refractivity contribution in [2.45, 2.75) is 0 Å². The minimum Gasteiger partial charge on any atom is -0.372 e. The SMILES string of the molecule is CNc1ncnc(N(C)CCSC)c1Br. The molecule has 0 saturated heterocycles. The molecule has 0 aliphatic heterocycles. The Balaban J connectivity index is 2.83.